The third-order valence-corrected chi connectivity index (χ3v) is 4.84. The van der Waals surface area contributed by atoms with Crippen LogP contribution in [-0.2, 0) is 0 Å². The Kier molecular flexibility index (Phi) is 5.24. The molecule has 0 fully saturated rings. The average molecular weight is 256 g/mol. The van der Waals surface area contributed by atoms with Crippen molar-refractivity contribution in [3.63, 3.8) is 0 Å². The number of allylic oxidation sites excluding steroid dienone is 2. The van der Waals surface area contributed by atoms with E-state index in [-0.39, 0.29) is 0 Å². The monoisotopic (exact) mass is 256 g/mol. The van der Waals surface area contributed by atoms with Gasteiger partial charge in [0.1, 0.15) is 0 Å². The van der Waals surface area contributed by atoms with Gasteiger partial charge in [-0.3, -0.25) is 0 Å². The molecule has 1 aliphatic carbocycles. The number of hydrogen-bond donors (Lipinski definition) is 0. The van der Waals surface area contributed by atoms with Crippen molar-refractivity contribution in [3.8, 4) is 0 Å². The van der Waals surface area contributed by atoms with Crippen LogP contribution in [0.25, 0.3) is 0 Å². The van der Waals surface area contributed by atoms with Crippen LogP contribution in [0.4, 0.5) is 0 Å². The second-order valence-electron chi connectivity index (χ2n) is 6.30. The second-order valence-corrected chi connectivity index (χ2v) is 6.30. The van der Waals surface area contributed by atoms with Crippen molar-refractivity contribution >= 4 is 0 Å². The van der Waals surface area contributed by atoms with Crippen LogP contribution in [0.15, 0.2) is 42.0 Å². The van der Waals surface area contributed by atoms with Gasteiger partial charge in [-0.05, 0) is 43.1 Å². The van der Waals surface area contributed by atoms with Gasteiger partial charge in [0.15, 0.2) is 0 Å². The van der Waals surface area contributed by atoms with Gasteiger partial charge < -0.3 is 0 Å². The lowest BCUT2D eigenvalue weighted by Crippen LogP contribution is -2.12. The summed E-state index contributed by atoms with van der Waals surface area (Å²) in [5.41, 5.74) is 3.13. The van der Waals surface area contributed by atoms with E-state index in [4.69, 9.17) is 0 Å². The van der Waals surface area contributed by atoms with Gasteiger partial charge >= 0.3 is 0 Å². The molecule has 0 saturated carbocycles. The van der Waals surface area contributed by atoms with Crippen LogP contribution in [0, 0.1) is 11.8 Å². The molecule has 0 nitrogen and oxygen atoms in total. The molecule has 0 heteroatoms. The first-order valence-electron chi connectivity index (χ1n) is 7.94. The van der Waals surface area contributed by atoms with Gasteiger partial charge in [-0.15, -0.1) is 0 Å². The summed E-state index contributed by atoms with van der Waals surface area (Å²) >= 11 is 0. The fourth-order valence-electron chi connectivity index (χ4n) is 3.21. The third kappa shape index (κ3) is 3.96. The van der Waals surface area contributed by atoms with E-state index >= 15 is 0 Å². The molecule has 1 aromatic carbocycles. The molecule has 0 saturated heterocycles. The molecule has 1 aliphatic rings. The van der Waals surface area contributed by atoms with Gasteiger partial charge in [-0.2, -0.15) is 0 Å². The zero-order valence-corrected chi connectivity index (χ0v) is 12.7. The lowest BCUT2D eigenvalue weighted by atomic mass is 9.79. The quantitative estimate of drug-likeness (QED) is 0.571. The molecule has 0 amide bonds. The second kappa shape index (κ2) is 6.93. The lowest BCUT2D eigenvalue weighted by molar-refractivity contribution is 0.352. The Balaban J connectivity index is 1.93. The Labute approximate surface area is 118 Å². The first kappa shape index (κ1) is 14.4. The first-order valence-corrected chi connectivity index (χ1v) is 7.94. The predicted molar refractivity (Wildman–Crippen MR) is 84.4 cm³/mol. The minimum atomic E-state index is 0.603. The first-order chi connectivity index (χ1) is 9.20. The fourth-order valence-corrected chi connectivity index (χ4v) is 3.21. The van der Waals surface area contributed by atoms with Crippen LogP contribution in [0.1, 0.15) is 64.4 Å². The van der Waals surface area contributed by atoms with E-state index in [1.54, 1.807) is 5.57 Å². The van der Waals surface area contributed by atoms with Crippen molar-refractivity contribution < 1.29 is 0 Å². The minimum Gasteiger partial charge on any atom is -0.0844 e. The summed E-state index contributed by atoms with van der Waals surface area (Å²) in [5.74, 6) is 2.43. The van der Waals surface area contributed by atoms with E-state index in [1.165, 1.54) is 37.7 Å². The molecule has 2 rings (SSSR count). The van der Waals surface area contributed by atoms with Gasteiger partial charge in [0.05, 0.1) is 0 Å². The third-order valence-electron chi connectivity index (χ3n) is 4.84. The number of hydrogen-bond acceptors (Lipinski definition) is 0. The van der Waals surface area contributed by atoms with Crippen molar-refractivity contribution in [3.05, 3.63) is 47.5 Å². The topological polar surface area (TPSA) is 0 Å². The Hall–Kier alpha value is -1.04. The molecule has 0 aliphatic heterocycles. The van der Waals surface area contributed by atoms with Crippen LogP contribution in [0.5, 0.6) is 0 Å². The van der Waals surface area contributed by atoms with Crippen molar-refractivity contribution in [1.29, 1.82) is 0 Å². The van der Waals surface area contributed by atoms with Crippen LogP contribution < -0.4 is 0 Å². The summed E-state index contributed by atoms with van der Waals surface area (Å²) in [5, 5.41) is 0. The maximum Gasteiger partial charge on any atom is 0.00198 e. The van der Waals surface area contributed by atoms with E-state index in [9.17, 15) is 0 Å². The average Bonchev–Trinajstić information content (AvgIpc) is 2.48. The van der Waals surface area contributed by atoms with Crippen molar-refractivity contribution in [2.24, 2.45) is 11.8 Å². The van der Waals surface area contributed by atoms with E-state index in [0.717, 1.165) is 11.8 Å². The largest absolute Gasteiger partial charge is 0.0844 e. The maximum atomic E-state index is 2.54. The molecular formula is C19H28. The molecule has 3 unspecified atom stereocenters. The summed E-state index contributed by atoms with van der Waals surface area (Å²) in [4.78, 5) is 0. The lowest BCUT2D eigenvalue weighted by Gasteiger charge is -2.27. The number of benzene rings is 1. The molecule has 3 atom stereocenters. The fraction of sp³-hybridized carbons (Fsp3) is 0.579. The molecular weight excluding hydrogens is 228 g/mol. The van der Waals surface area contributed by atoms with Gasteiger partial charge in [0, 0.05) is 5.92 Å². The molecule has 0 N–H and O–H groups in total. The molecule has 1 aromatic rings. The zero-order chi connectivity index (χ0) is 13.7. The Morgan fingerprint density at radius 2 is 1.89 bits per heavy atom. The highest BCUT2D eigenvalue weighted by Crippen LogP contribution is 2.35. The standard InChI is InChI=1S/C19H28/c1-4-15(2)14-17-10-12-19(13-11-17)16(3)18-8-6-5-7-9-18/h5-9,12,15-17H,4,10-11,13-14H2,1-3H3. The predicted octanol–water partition coefficient (Wildman–Crippen LogP) is 5.95. The number of rotatable bonds is 5. The molecule has 0 heterocycles. The smallest absolute Gasteiger partial charge is 0.00198 e. The van der Waals surface area contributed by atoms with Crippen molar-refractivity contribution in [1.82, 2.24) is 0 Å². The molecule has 0 spiro atoms. The zero-order valence-electron chi connectivity index (χ0n) is 12.7. The molecule has 0 aromatic heterocycles. The molecule has 0 bridgehead atoms. The van der Waals surface area contributed by atoms with Gasteiger partial charge in [-0.25, -0.2) is 0 Å². The van der Waals surface area contributed by atoms with Crippen LogP contribution >= 0.6 is 0 Å². The molecule has 0 radical (unpaired) electrons. The summed E-state index contributed by atoms with van der Waals surface area (Å²) < 4.78 is 0. The SMILES string of the molecule is CCC(C)CC1CC=C(C(C)c2ccccc2)CC1. The summed E-state index contributed by atoms with van der Waals surface area (Å²) in [6.07, 6.45) is 9.28. The van der Waals surface area contributed by atoms with Crippen molar-refractivity contribution in [2.75, 3.05) is 0 Å². The van der Waals surface area contributed by atoms with E-state index in [2.05, 4.69) is 57.2 Å². The van der Waals surface area contributed by atoms with E-state index in [0.29, 0.717) is 5.92 Å². The summed E-state index contributed by atoms with van der Waals surface area (Å²) in [6.45, 7) is 7.06. The van der Waals surface area contributed by atoms with Gasteiger partial charge in [0.2, 0.25) is 0 Å². The van der Waals surface area contributed by atoms with E-state index < -0.39 is 0 Å². The highest BCUT2D eigenvalue weighted by Gasteiger charge is 2.19. The maximum absolute atomic E-state index is 2.54. The Bertz CT molecular complexity index is 401. The van der Waals surface area contributed by atoms with Crippen LogP contribution in [0.2, 0.25) is 0 Å². The van der Waals surface area contributed by atoms with Gasteiger partial charge in [0.25, 0.3) is 0 Å². The summed E-state index contributed by atoms with van der Waals surface area (Å²) in [6, 6.07) is 10.9. The van der Waals surface area contributed by atoms with Crippen molar-refractivity contribution in [2.45, 2.75) is 58.8 Å². The van der Waals surface area contributed by atoms with Crippen LogP contribution in [0.3, 0.4) is 0 Å². The highest BCUT2D eigenvalue weighted by atomic mass is 14.2. The Morgan fingerprint density at radius 1 is 1.16 bits per heavy atom. The van der Waals surface area contributed by atoms with Crippen LogP contribution in [-0.4, -0.2) is 0 Å². The normalized spacial score (nSPS) is 22.7. The van der Waals surface area contributed by atoms with Gasteiger partial charge in [-0.1, -0.05) is 69.2 Å². The summed E-state index contributed by atoms with van der Waals surface area (Å²) in [7, 11) is 0. The highest BCUT2D eigenvalue weighted by molar-refractivity contribution is 5.28. The Morgan fingerprint density at radius 3 is 2.47 bits per heavy atom. The minimum absolute atomic E-state index is 0.603. The molecule has 19 heavy (non-hydrogen) atoms. The molecule has 104 valence electrons. The van der Waals surface area contributed by atoms with E-state index in [1.807, 2.05) is 0 Å².